The molecule has 10 heteroatoms. The molecule has 0 N–H and O–H groups in total. The number of hydrogen-bond acceptors (Lipinski definition) is 7. The number of nitrogens with zero attached hydrogens (tertiary/aromatic N) is 4. The van der Waals surface area contributed by atoms with Crippen LogP contribution in [0.15, 0.2) is 46.1 Å². The van der Waals surface area contributed by atoms with Gasteiger partial charge in [-0.2, -0.15) is 0 Å². The van der Waals surface area contributed by atoms with E-state index in [1.807, 2.05) is 35.3 Å². The monoisotopic (exact) mass is 382 g/mol. The van der Waals surface area contributed by atoms with Crippen LogP contribution in [0.2, 0.25) is 0 Å². The molecule has 8 nitrogen and oxygen atoms in total. The molecule has 0 aliphatic heterocycles. The first-order valence-electron chi connectivity index (χ1n) is 7.15. The summed E-state index contributed by atoms with van der Waals surface area (Å²) in [5.74, 6) is 0. The van der Waals surface area contributed by atoms with Gasteiger partial charge < -0.3 is 9.12 Å². The van der Waals surface area contributed by atoms with Crippen LogP contribution in [0.5, 0.6) is 0 Å². The third-order valence-corrected chi connectivity index (χ3v) is 4.81. The van der Waals surface area contributed by atoms with Crippen molar-refractivity contribution in [1.82, 2.24) is 4.57 Å². The van der Waals surface area contributed by atoms with Gasteiger partial charge in [-0.05, 0) is 29.4 Å². The largest absolute Gasteiger partial charge is 0.726 e. The minimum Gasteiger partial charge on any atom is -0.726 e. The minimum absolute atomic E-state index is 0.808. The van der Waals surface area contributed by atoms with Crippen molar-refractivity contribution >= 4 is 43.5 Å². The lowest BCUT2D eigenvalue weighted by Gasteiger charge is -1.98. The molecule has 0 amide bonds. The number of hydrogen-bond donors (Lipinski definition) is 0. The van der Waals surface area contributed by atoms with Crippen molar-refractivity contribution in [3.05, 3.63) is 41.5 Å². The van der Waals surface area contributed by atoms with Crippen molar-refractivity contribution in [3.63, 3.8) is 0 Å². The lowest BCUT2D eigenvalue weighted by Crippen LogP contribution is -2.23. The fraction of sp³-hybridized carbons (Fsp3) is 0.267. The zero-order valence-electron chi connectivity index (χ0n) is 14.2. The molecule has 0 unspecified atom stereocenters. The molecule has 0 radical (unpaired) electrons. The quantitative estimate of drug-likeness (QED) is 0.301. The Balaban J connectivity index is 0.000000326. The summed E-state index contributed by atoms with van der Waals surface area (Å²) in [7, 11) is 0.426. The molecule has 0 fully saturated rings. The molecule has 0 aliphatic rings. The normalized spacial score (nSPS) is 11.7. The van der Waals surface area contributed by atoms with Gasteiger partial charge in [0.05, 0.1) is 24.8 Å². The molecule has 3 rings (SSSR count). The number of fused-ring (bicyclic) bond motifs is 1. The number of thiazole rings is 1. The number of benzene rings is 1. The van der Waals surface area contributed by atoms with Crippen LogP contribution in [0, 0.1) is 6.92 Å². The highest BCUT2D eigenvalue weighted by molar-refractivity contribution is 7.80. The highest BCUT2D eigenvalue weighted by Gasteiger charge is 2.14. The Morgan fingerprint density at radius 1 is 1.28 bits per heavy atom. The van der Waals surface area contributed by atoms with E-state index in [4.69, 9.17) is 0 Å². The van der Waals surface area contributed by atoms with E-state index in [0.717, 1.165) is 29.0 Å². The van der Waals surface area contributed by atoms with E-state index in [1.54, 1.807) is 11.3 Å². The lowest BCUT2D eigenvalue weighted by atomic mass is 10.2. The molecule has 0 saturated heterocycles. The van der Waals surface area contributed by atoms with Gasteiger partial charge in [0.2, 0.25) is 10.4 Å². The summed E-state index contributed by atoms with van der Waals surface area (Å²) in [5.41, 5.74) is 3.26. The van der Waals surface area contributed by atoms with Crippen molar-refractivity contribution < 1.29 is 21.7 Å². The Morgan fingerprint density at radius 3 is 2.48 bits per heavy atom. The topological polar surface area (TPSA) is 100.0 Å². The fourth-order valence-electron chi connectivity index (χ4n) is 2.14. The maximum absolute atomic E-state index is 9.22. The van der Waals surface area contributed by atoms with Crippen molar-refractivity contribution in [2.45, 2.75) is 6.92 Å². The molecule has 1 aromatic carbocycles. The van der Waals surface area contributed by atoms with Gasteiger partial charge in [-0.3, -0.25) is 4.18 Å². The first-order valence-corrected chi connectivity index (χ1v) is 9.36. The predicted molar refractivity (Wildman–Crippen MR) is 94.0 cm³/mol. The third kappa shape index (κ3) is 4.69. The summed E-state index contributed by atoms with van der Waals surface area (Å²) in [6, 6.07) is 8.27. The van der Waals surface area contributed by atoms with Crippen molar-refractivity contribution in [2.75, 3.05) is 7.11 Å². The Morgan fingerprint density at radius 2 is 1.92 bits per heavy atom. The molecule has 2 heterocycles. The van der Waals surface area contributed by atoms with E-state index in [0.29, 0.717) is 0 Å². The second-order valence-corrected chi connectivity index (χ2v) is 7.10. The summed E-state index contributed by atoms with van der Waals surface area (Å²) in [5, 5.41) is 12.8. The van der Waals surface area contributed by atoms with E-state index >= 15 is 0 Å². The molecule has 134 valence electrons. The van der Waals surface area contributed by atoms with Crippen LogP contribution in [0.1, 0.15) is 5.69 Å². The van der Waals surface area contributed by atoms with E-state index in [-0.39, 0.29) is 0 Å². The highest BCUT2D eigenvalue weighted by Crippen LogP contribution is 2.33. The van der Waals surface area contributed by atoms with Gasteiger partial charge in [0.1, 0.15) is 11.9 Å². The van der Waals surface area contributed by atoms with Crippen LogP contribution in [-0.4, -0.2) is 24.6 Å². The Labute approximate surface area is 150 Å². The Hall–Kier alpha value is -2.14. The Kier molecular flexibility index (Phi) is 6.01. The van der Waals surface area contributed by atoms with Crippen LogP contribution in [0.25, 0.3) is 10.9 Å². The third-order valence-electron chi connectivity index (χ3n) is 3.57. The Bertz CT molecular complexity index is 1010. The molecular formula is C15H18N4O4S2. The summed E-state index contributed by atoms with van der Waals surface area (Å²) < 4.78 is 35.1. The zero-order chi connectivity index (χ0) is 18.6. The summed E-state index contributed by atoms with van der Waals surface area (Å²) in [6.45, 7) is 2.07. The minimum atomic E-state index is -4.41. The zero-order valence-corrected chi connectivity index (χ0v) is 15.8. The number of aryl methyl sites for hydroxylation is 2. The van der Waals surface area contributed by atoms with Gasteiger partial charge in [-0.1, -0.05) is 18.2 Å². The number of aromatic nitrogens is 2. The SMILES string of the molecule is COS(=O)(=O)[O-].Cc1c(N=Nc2scc[n+]2C)c2ccccc2n1C. The lowest BCUT2D eigenvalue weighted by molar-refractivity contribution is -0.654. The number of azo groups is 1. The molecule has 2 aromatic heterocycles. The summed E-state index contributed by atoms with van der Waals surface area (Å²) in [6.07, 6.45) is 1.98. The van der Waals surface area contributed by atoms with Crippen molar-refractivity contribution in [1.29, 1.82) is 0 Å². The number of para-hydroxylation sites is 1. The van der Waals surface area contributed by atoms with Crippen LogP contribution in [-0.2, 0) is 28.7 Å². The van der Waals surface area contributed by atoms with Gasteiger partial charge in [-0.25, -0.2) is 13.0 Å². The average Bonchev–Trinajstić information content (AvgIpc) is 3.09. The molecule has 0 saturated carbocycles. The molecular weight excluding hydrogens is 364 g/mol. The van der Waals surface area contributed by atoms with Gasteiger partial charge in [0.15, 0.2) is 0 Å². The van der Waals surface area contributed by atoms with Gasteiger partial charge in [0.25, 0.3) is 0 Å². The van der Waals surface area contributed by atoms with E-state index < -0.39 is 10.4 Å². The maximum Gasteiger partial charge on any atom is 0.408 e. The van der Waals surface area contributed by atoms with E-state index in [1.165, 1.54) is 5.52 Å². The molecule has 3 aromatic rings. The molecule has 0 aliphatic carbocycles. The molecule has 0 bridgehead atoms. The smallest absolute Gasteiger partial charge is 0.408 e. The van der Waals surface area contributed by atoms with Gasteiger partial charge in [0, 0.05) is 23.5 Å². The molecule has 0 spiro atoms. The highest BCUT2D eigenvalue weighted by atomic mass is 32.3. The average molecular weight is 382 g/mol. The van der Waals surface area contributed by atoms with E-state index in [9.17, 15) is 13.0 Å². The number of rotatable bonds is 3. The van der Waals surface area contributed by atoms with Crippen molar-refractivity contribution in [3.8, 4) is 0 Å². The standard InChI is InChI=1S/C14H15N4S.CH4O4S/c1-10-13(15-16-14-17(2)8-9-19-14)11-6-4-5-7-12(11)18(10)3;1-5-6(2,3)4/h4-9H,1-3H3;1H3,(H,2,3,4)/q+1;/p-1. The van der Waals surface area contributed by atoms with Gasteiger partial charge in [-0.15, -0.1) is 0 Å². The second kappa shape index (κ2) is 7.83. The molecule has 0 atom stereocenters. The van der Waals surface area contributed by atoms with Crippen LogP contribution < -0.4 is 4.57 Å². The van der Waals surface area contributed by atoms with Crippen LogP contribution in [0.3, 0.4) is 0 Å². The maximum atomic E-state index is 9.22. The second-order valence-electron chi connectivity index (χ2n) is 5.08. The molecule has 25 heavy (non-hydrogen) atoms. The van der Waals surface area contributed by atoms with E-state index in [2.05, 4.69) is 45.1 Å². The fourth-order valence-corrected chi connectivity index (χ4v) is 2.82. The first-order chi connectivity index (χ1) is 11.7. The predicted octanol–water partition coefficient (Wildman–Crippen LogP) is 2.88. The van der Waals surface area contributed by atoms with Gasteiger partial charge >= 0.3 is 5.13 Å². The van der Waals surface area contributed by atoms with Crippen molar-refractivity contribution in [2.24, 2.45) is 24.3 Å². The van der Waals surface area contributed by atoms with Crippen LogP contribution in [0.4, 0.5) is 10.8 Å². The van der Waals surface area contributed by atoms with Crippen LogP contribution >= 0.6 is 11.3 Å². The first kappa shape index (κ1) is 19.2. The summed E-state index contributed by atoms with van der Waals surface area (Å²) >= 11 is 1.58. The summed E-state index contributed by atoms with van der Waals surface area (Å²) in [4.78, 5) is 0.